The molecule has 0 radical (unpaired) electrons. The minimum atomic E-state index is -1.26. The van der Waals surface area contributed by atoms with Gasteiger partial charge in [-0.3, -0.25) is 14.4 Å². The van der Waals surface area contributed by atoms with Crippen LogP contribution in [-0.4, -0.2) is 35.5 Å². The topological polar surface area (TPSA) is 95.5 Å². The highest BCUT2D eigenvalue weighted by Crippen LogP contribution is 2.41. The van der Waals surface area contributed by atoms with E-state index in [1.807, 2.05) is 13.8 Å². The van der Waals surface area contributed by atoms with Gasteiger partial charge in [-0.15, -0.1) is 0 Å². The van der Waals surface area contributed by atoms with Crippen molar-refractivity contribution in [2.75, 3.05) is 6.54 Å². The fraction of sp³-hybridized carbons (Fsp3) is 0.769. The van der Waals surface area contributed by atoms with Crippen LogP contribution in [-0.2, 0) is 14.4 Å². The van der Waals surface area contributed by atoms with E-state index in [-0.39, 0.29) is 24.9 Å². The average molecular weight is 270 g/mol. The van der Waals surface area contributed by atoms with Gasteiger partial charge in [-0.1, -0.05) is 13.3 Å². The Bertz CT molecular complexity index is 364. The first kappa shape index (κ1) is 15.5. The van der Waals surface area contributed by atoms with Gasteiger partial charge in [0, 0.05) is 19.0 Å². The molecule has 0 aliphatic heterocycles. The number of carboxylic acid groups (broad SMARTS) is 1. The van der Waals surface area contributed by atoms with E-state index >= 15 is 0 Å². The molecule has 0 aromatic rings. The van der Waals surface area contributed by atoms with Gasteiger partial charge in [0.1, 0.15) is 5.41 Å². The van der Waals surface area contributed by atoms with Gasteiger partial charge in [0.15, 0.2) is 0 Å². The van der Waals surface area contributed by atoms with Crippen molar-refractivity contribution in [1.29, 1.82) is 0 Å². The fourth-order valence-electron chi connectivity index (χ4n) is 1.98. The van der Waals surface area contributed by atoms with Crippen LogP contribution < -0.4 is 10.6 Å². The standard InChI is InChI=1S/C13H22N2O4/c1-3-9(2)15-10(16)5-8-14-11(17)13(12(18)19)6-4-7-13/h9H,3-8H2,1-2H3,(H,14,17)(H,15,16)(H,18,19). The molecule has 1 aliphatic carbocycles. The number of carbonyl (C=O) groups excluding carboxylic acids is 2. The van der Waals surface area contributed by atoms with Crippen molar-refractivity contribution in [3.8, 4) is 0 Å². The summed E-state index contributed by atoms with van der Waals surface area (Å²) >= 11 is 0. The lowest BCUT2D eigenvalue weighted by atomic mass is 9.68. The number of carbonyl (C=O) groups is 3. The van der Waals surface area contributed by atoms with Gasteiger partial charge in [-0.25, -0.2) is 0 Å². The van der Waals surface area contributed by atoms with E-state index < -0.39 is 17.3 Å². The molecule has 1 rings (SSSR count). The molecule has 0 bridgehead atoms. The van der Waals surface area contributed by atoms with Crippen molar-refractivity contribution in [1.82, 2.24) is 10.6 Å². The molecule has 1 saturated carbocycles. The lowest BCUT2D eigenvalue weighted by molar-refractivity contribution is -0.162. The molecule has 108 valence electrons. The Labute approximate surface area is 112 Å². The third-order valence-corrected chi connectivity index (χ3v) is 3.71. The molecule has 1 atom stereocenters. The summed E-state index contributed by atoms with van der Waals surface area (Å²) in [4.78, 5) is 34.4. The van der Waals surface area contributed by atoms with Crippen LogP contribution in [0.5, 0.6) is 0 Å². The Morgan fingerprint density at radius 1 is 1.32 bits per heavy atom. The van der Waals surface area contributed by atoms with Crippen molar-refractivity contribution in [2.24, 2.45) is 5.41 Å². The molecule has 19 heavy (non-hydrogen) atoms. The first-order chi connectivity index (χ1) is 8.92. The molecule has 2 amide bonds. The van der Waals surface area contributed by atoms with Crippen LogP contribution in [0.25, 0.3) is 0 Å². The van der Waals surface area contributed by atoms with Crippen LogP contribution in [0.3, 0.4) is 0 Å². The maximum atomic E-state index is 11.8. The van der Waals surface area contributed by atoms with Gasteiger partial charge in [0.05, 0.1) is 0 Å². The molecule has 1 aliphatic rings. The van der Waals surface area contributed by atoms with Crippen molar-refractivity contribution in [3.63, 3.8) is 0 Å². The number of carboxylic acids is 1. The molecule has 0 aromatic carbocycles. The van der Waals surface area contributed by atoms with Crippen molar-refractivity contribution >= 4 is 17.8 Å². The summed E-state index contributed by atoms with van der Waals surface area (Å²) in [6.45, 7) is 4.06. The monoisotopic (exact) mass is 270 g/mol. The molecular weight excluding hydrogens is 248 g/mol. The Hall–Kier alpha value is -1.59. The van der Waals surface area contributed by atoms with E-state index in [1.54, 1.807) is 0 Å². The number of hydrogen-bond donors (Lipinski definition) is 3. The molecule has 0 aromatic heterocycles. The number of nitrogens with one attached hydrogen (secondary N) is 2. The van der Waals surface area contributed by atoms with E-state index in [0.717, 1.165) is 12.8 Å². The van der Waals surface area contributed by atoms with Crippen molar-refractivity contribution in [2.45, 2.75) is 52.0 Å². The number of rotatable bonds is 7. The minimum absolute atomic E-state index is 0.111. The van der Waals surface area contributed by atoms with Crippen molar-refractivity contribution < 1.29 is 19.5 Å². The van der Waals surface area contributed by atoms with Gasteiger partial charge in [-0.2, -0.15) is 0 Å². The summed E-state index contributed by atoms with van der Waals surface area (Å²) in [7, 11) is 0. The minimum Gasteiger partial charge on any atom is -0.480 e. The van der Waals surface area contributed by atoms with E-state index in [4.69, 9.17) is 5.11 Å². The number of amides is 2. The second-order valence-corrected chi connectivity index (χ2v) is 5.12. The third kappa shape index (κ3) is 3.68. The predicted octanol–water partition coefficient (Wildman–Crippen LogP) is 0.662. The molecule has 3 N–H and O–H groups in total. The van der Waals surface area contributed by atoms with E-state index in [0.29, 0.717) is 12.8 Å². The van der Waals surface area contributed by atoms with Crippen LogP contribution in [0.4, 0.5) is 0 Å². The second-order valence-electron chi connectivity index (χ2n) is 5.12. The Balaban J connectivity index is 2.31. The summed E-state index contributed by atoms with van der Waals surface area (Å²) in [6.07, 6.45) is 2.54. The SMILES string of the molecule is CCC(C)NC(=O)CCNC(=O)C1(C(=O)O)CCC1. The van der Waals surface area contributed by atoms with E-state index in [2.05, 4.69) is 10.6 Å². The number of hydrogen-bond acceptors (Lipinski definition) is 3. The summed E-state index contributed by atoms with van der Waals surface area (Å²) in [5.41, 5.74) is -1.26. The molecular formula is C13H22N2O4. The molecule has 0 heterocycles. The van der Waals surface area contributed by atoms with Gasteiger partial charge in [-0.05, 0) is 26.2 Å². The quantitative estimate of drug-likeness (QED) is 0.592. The highest BCUT2D eigenvalue weighted by atomic mass is 16.4. The first-order valence-corrected chi connectivity index (χ1v) is 6.73. The largest absolute Gasteiger partial charge is 0.480 e. The molecule has 6 nitrogen and oxygen atoms in total. The summed E-state index contributed by atoms with van der Waals surface area (Å²) < 4.78 is 0. The lowest BCUT2D eigenvalue weighted by Crippen LogP contribution is -2.51. The maximum Gasteiger partial charge on any atom is 0.319 e. The predicted molar refractivity (Wildman–Crippen MR) is 69.4 cm³/mol. The maximum absolute atomic E-state index is 11.8. The number of aliphatic carboxylic acids is 1. The zero-order valence-corrected chi connectivity index (χ0v) is 11.5. The third-order valence-electron chi connectivity index (χ3n) is 3.71. The Morgan fingerprint density at radius 2 is 1.95 bits per heavy atom. The Kier molecular flexibility index (Phi) is 5.32. The molecule has 0 spiro atoms. The lowest BCUT2D eigenvalue weighted by Gasteiger charge is -2.35. The highest BCUT2D eigenvalue weighted by Gasteiger charge is 2.50. The second kappa shape index (κ2) is 6.54. The van der Waals surface area contributed by atoms with Gasteiger partial charge >= 0.3 is 5.97 Å². The molecule has 1 fully saturated rings. The van der Waals surface area contributed by atoms with Crippen LogP contribution in [0.1, 0.15) is 46.0 Å². The molecule has 6 heteroatoms. The Morgan fingerprint density at radius 3 is 2.37 bits per heavy atom. The van der Waals surface area contributed by atoms with Gasteiger partial charge in [0.25, 0.3) is 0 Å². The zero-order valence-electron chi connectivity index (χ0n) is 11.5. The van der Waals surface area contributed by atoms with E-state index in [9.17, 15) is 14.4 Å². The summed E-state index contributed by atoms with van der Waals surface area (Å²) in [5.74, 6) is -1.67. The van der Waals surface area contributed by atoms with Crippen molar-refractivity contribution in [3.05, 3.63) is 0 Å². The van der Waals surface area contributed by atoms with Crippen LogP contribution in [0.15, 0.2) is 0 Å². The average Bonchev–Trinajstić information content (AvgIpc) is 2.26. The van der Waals surface area contributed by atoms with Crippen LogP contribution in [0.2, 0.25) is 0 Å². The smallest absolute Gasteiger partial charge is 0.319 e. The summed E-state index contributed by atoms with van der Waals surface area (Å²) in [5, 5.41) is 14.4. The first-order valence-electron chi connectivity index (χ1n) is 6.73. The molecule has 1 unspecified atom stereocenters. The zero-order chi connectivity index (χ0) is 14.5. The fourth-order valence-corrected chi connectivity index (χ4v) is 1.98. The van der Waals surface area contributed by atoms with Gasteiger partial charge in [0.2, 0.25) is 11.8 Å². The van der Waals surface area contributed by atoms with Gasteiger partial charge < -0.3 is 15.7 Å². The molecule has 0 saturated heterocycles. The van der Waals surface area contributed by atoms with E-state index in [1.165, 1.54) is 0 Å². The highest BCUT2D eigenvalue weighted by molar-refractivity contribution is 6.02. The normalized spacial score (nSPS) is 18.0. The van der Waals surface area contributed by atoms with Crippen LogP contribution in [0, 0.1) is 5.41 Å². The van der Waals surface area contributed by atoms with Crippen LogP contribution >= 0.6 is 0 Å². The summed E-state index contributed by atoms with van der Waals surface area (Å²) in [6, 6.07) is 0.111.